The molecule has 1 aromatic heterocycles. The quantitative estimate of drug-likeness (QED) is 0.902. The third kappa shape index (κ3) is 3.74. The van der Waals surface area contributed by atoms with Crippen LogP contribution in [-0.2, 0) is 10.0 Å². The number of carbonyl (C=O) groups is 1. The van der Waals surface area contributed by atoms with Crippen molar-refractivity contribution in [3.8, 4) is 5.75 Å². The molecule has 0 bridgehead atoms. The van der Waals surface area contributed by atoms with Crippen molar-refractivity contribution in [2.45, 2.75) is 12.8 Å². The number of anilines is 2. The Morgan fingerprint density at radius 3 is 2.64 bits per heavy atom. The molecule has 1 saturated heterocycles. The van der Waals surface area contributed by atoms with Crippen LogP contribution >= 0.6 is 0 Å². The minimum Gasteiger partial charge on any atom is -0.494 e. The molecule has 1 fully saturated rings. The molecule has 1 aromatic carbocycles. The maximum Gasteiger partial charge on any atom is 0.255 e. The molecule has 0 spiro atoms. The zero-order valence-electron chi connectivity index (χ0n) is 13.8. The number of hydrogen-bond acceptors (Lipinski definition) is 5. The first kappa shape index (κ1) is 17.2. The molecule has 0 aliphatic carbocycles. The summed E-state index contributed by atoms with van der Waals surface area (Å²) in [7, 11) is -1.85. The second kappa shape index (κ2) is 7.10. The molecule has 0 atom stereocenters. The predicted molar refractivity (Wildman–Crippen MR) is 95.6 cm³/mol. The van der Waals surface area contributed by atoms with Gasteiger partial charge in [-0.05, 0) is 37.1 Å². The molecule has 25 heavy (non-hydrogen) atoms. The Hall–Kier alpha value is -2.61. The zero-order chi connectivity index (χ0) is 17.9. The molecule has 1 aliphatic heterocycles. The van der Waals surface area contributed by atoms with Gasteiger partial charge in [0.25, 0.3) is 5.91 Å². The molecule has 1 aliphatic rings. The topological polar surface area (TPSA) is 88.6 Å². The van der Waals surface area contributed by atoms with E-state index in [1.54, 1.807) is 42.7 Å². The number of sulfonamides is 1. The fourth-order valence-corrected chi connectivity index (χ4v) is 4.37. The van der Waals surface area contributed by atoms with Crippen molar-refractivity contribution in [2.75, 3.05) is 29.0 Å². The highest BCUT2D eigenvalue weighted by atomic mass is 32.2. The van der Waals surface area contributed by atoms with Gasteiger partial charge in [-0.2, -0.15) is 0 Å². The second-order valence-electron chi connectivity index (χ2n) is 5.67. The highest BCUT2D eigenvalue weighted by Gasteiger charge is 2.28. The van der Waals surface area contributed by atoms with E-state index < -0.39 is 10.0 Å². The SMILES string of the molecule is COc1cc(NC(=O)c2ccncc2)ccc1N1CCCCS1(=O)=O. The Labute approximate surface area is 146 Å². The Morgan fingerprint density at radius 1 is 1.20 bits per heavy atom. The van der Waals surface area contributed by atoms with Gasteiger partial charge in [-0.3, -0.25) is 14.1 Å². The Kier molecular flexibility index (Phi) is 4.89. The maximum atomic E-state index is 12.3. The van der Waals surface area contributed by atoms with E-state index in [1.807, 2.05) is 0 Å². The summed E-state index contributed by atoms with van der Waals surface area (Å²) in [5.74, 6) is 0.261. The van der Waals surface area contributed by atoms with Gasteiger partial charge in [-0.1, -0.05) is 0 Å². The average Bonchev–Trinajstić information content (AvgIpc) is 2.62. The monoisotopic (exact) mass is 361 g/mol. The summed E-state index contributed by atoms with van der Waals surface area (Å²) in [4.78, 5) is 16.1. The van der Waals surface area contributed by atoms with Crippen molar-refractivity contribution in [3.05, 3.63) is 48.3 Å². The van der Waals surface area contributed by atoms with Crippen molar-refractivity contribution in [1.82, 2.24) is 4.98 Å². The van der Waals surface area contributed by atoms with E-state index in [0.717, 1.165) is 6.42 Å². The number of benzene rings is 1. The molecule has 8 heteroatoms. The first-order valence-electron chi connectivity index (χ1n) is 7.91. The van der Waals surface area contributed by atoms with Gasteiger partial charge >= 0.3 is 0 Å². The van der Waals surface area contributed by atoms with Crippen LogP contribution in [0.2, 0.25) is 0 Å². The van der Waals surface area contributed by atoms with Gasteiger partial charge in [0.1, 0.15) is 5.75 Å². The van der Waals surface area contributed by atoms with Crippen LogP contribution in [-0.4, -0.2) is 38.7 Å². The maximum absolute atomic E-state index is 12.3. The van der Waals surface area contributed by atoms with Gasteiger partial charge < -0.3 is 10.1 Å². The van der Waals surface area contributed by atoms with Gasteiger partial charge in [0.2, 0.25) is 10.0 Å². The standard InChI is InChI=1S/C17H19N3O4S/c1-24-16-12-14(19-17(21)13-6-8-18-9-7-13)4-5-15(16)20-10-2-3-11-25(20,22)23/h4-9,12H,2-3,10-11H2,1H3,(H,19,21). The number of nitrogens with zero attached hydrogens (tertiary/aromatic N) is 2. The highest BCUT2D eigenvalue weighted by molar-refractivity contribution is 7.92. The number of carbonyl (C=O) groups excluding carboxylic acids is 1. The van der Waals surface area contributed by atoms with E-state index in [0.29, 0.717) is 35.7 Å². The first-order valence-corrected chi connectivity index (χ1v) is 9.52. The van der Waals surface area contributed by atoms with Crippen LogP contribution in [0.4, 0.5) is 11.4 Å². The molecular weight excluding hydrogens is 342 g/mol. The molecule has 7 nitrogen and oxygen atoms in total. The lowest BCUT2D eigenvalue weighted by Gasteiger charge is -2.29. The van der Waals surface area contributed by atoms with E-state index in [-0.39, 0.29) is 11.7 Å². The van der Waals surface area contributed by atoms with Gasteiger partial charge in [-0.25, -0.2) is 8.42 Å². The summed E-state index contributed by atoms with van der Waals surface area (Å²) in [6, 6.07) is 8.17. The number of nitrogens with one attached hydrogen (secondary N) is 1. The molecular formula is C17H19N3O4S. The lowest BCUT2D eigenvalue weighted by Crippen LogP contribution is -2.38. The molecule has 1 amide bonds. The third-order valence-electron chi connectivity index (χ3n) is 4.00. The van der Waals surface area contributed by atoms with Crippen LogP contribution in [0.3, 0.4) is 0 Å². The smallest absolute Gasteiger partial charge is 0.255 e. The van der Waals surface area contributed by atoms with Gasteiger partial charge in [-0.15, -0.1) is 0 Å². The molecule has 2 heterocycles. The number of methoxy groups -OCH3 is 1. The Morgan fingerprint density at radius 2 is 1.96 bits per heavy atom. The number of amides is 1. The van der Waals surface area contributed by atoms with Crippen molar-refractivity contribution in [1.29, 1.82) is 0 Å². The van der Waals surface area contributed by atoms with Gasteiger partial charge in [0.15, 0.2) is 0 Å². The first-order chi connectivity index (χ1) is 12.0. The van der Waals surface area contributed by atoms with E-state index in [1.165, 1.54) is 11.4 Å². The minimum atomic E-state index is -3.33. The number of rotatable bonds is 4. The van der Waals surface area contributed by atoms with E-state index in [9.17, 15) is 13.2 Å². The molecule has 132 valence electrons. The molecule has 3 rings (SSSR count). The Bertz CT molecular complexity index is 869. The number of aromatic nitrogens is 1. The summed E-state index contributed by atoms with van der Waals surface area (Å²) >= 11 is 0. The molecule has 0 radical (unpaired) electrons. The Balaban J connectivity index is 1.86. The van der Waals surface area contributed by atoms with Crippen LogP contribution in [0.25, 0.3) is 0 Å². The van der Waals surface area contributed by atoms with Crippen molar-refractivity contribution >= 4 is 27.3 Å². The van der Waals surface area contributed by atoms with Crippen LogP contribution < -0.4 is 14.4 Å². The highest BCUT2D eigenvalue weighted by Crippen LogP contribution is 2.34. The number of pyridine rings is 1. The predicted octanol–water partition coefficient (Wildman–Crippen LogP) is 2.27. The zero-order valence-corrected chi connectivity index (χ0v) is 14.6. The summed E-state index contributed by atoms with van der Waals surface area (Å²) in [6.45, 7) is 0.432. The summed E-state index contributed by atoms with van der Waals surface area (Å²) in [5, 5.41) is 2.77. The van der Waals surface area contributed by atoms with Crippen LogP contribution in [0.5, 0.6) is 5.75 Å². The summed E-state index contributed by atoms with van der Waals surface area (Å²) in [6.07, 6.45) is 4.56. The molecule has 0 saturated carbocycles. The fraction of sp³-hybridized carbons (Fsp3) is 0.294. The van der Waals surface area contributed by atoms with E-state index in [2.05, 4.69) is 10.3 Å². The van der Waals surface area contributed by atoms with Crippen molar-refractivity contribution in [3.63, 3.8) is 0 Å². The number of ether oxygens (including phenoxy) is 1. The van der Waals surface area contributed by atoms with Crippen molar-refractivity contribution < 1.29 is 17.9 Å². The van der Waals surface area contributed by atoms with Crippen LogP contribution in [0.15, 0.2) is 42.7 Å². The van der Waals surface area contributed by atoms with Crippen molar-refractivity contribution in [2.24, 2.45) is 0 Å². The van der Waals surface area contributed by atoms with Gasteiger partial charge in [0.05, 0.1) is 18.6 Å². The molecule has 2 aromatic rings. The third-order valence-corrected chi connectivity index (χ3v) is 5.85. The van der Waals surface area contributed by atoms with E-state index >= 15 is 0 Å². The second-order valence-corrected chi connectivity index (χ2v) is 7.68. The average molecular weight is 361 g/mol. The summed E-state index contributed by atoms with van der Waals surface area (Å²) in [5.41, 5.74) is 1.50. The van der Waals surface area contributed by atoms with E-state index in [4.69, 9.17) is 4.74 Å². The minimum absolute atomic E-state index is 0.136. The van der Waals surface area contributed by atoms with Gasteiger partial charge in [0, 0.05) is 36.3 Å². The fourth-order valence-electron chi connectivity index (χ4n) is 2.73. The lowest BCUT2D eigenvalue weighted by molar-refractivity contribution is 0.102. The molecule has 1 N–H and O–H groups in total. The lowest BCUT2D eigenvalue weighted by atomic mass is 10.2. The van der Waals surface area contributed by atoms with Crippen LogP contribution in [0, 0.1) is 0 Å². The molecule has 0 unspecified atom stereocenters. The van der Waals surface area contributed by atoms with Crippen LogP contribution in [0.1, 0.15) is 23.2 Å². The normalized spacial score (nSPS) is 16.3. The number of hydrogen-bond donors (Lipinski definition) is 1. The summed E-state index contributed by atoms with van der Waals surface area (Å²) < 4.78 is 31.3. The largest absolute Gasteiger partial charge is 0.494 e.